The average Bonchev–Trinajstić information content (AvgIpc) is 3.37. The first-order valence-electron chi connectivity index (χ1n) is 11.8. The largest absolute Gasteiger partial charge is 0.480 e. The van der Waals surface area contributed by atoms with E-state index in [4.69, 9.17) is 4.74 Å². The van der Waals surface area contributed by atoms with Gasteiger partial charge in [-0.3, -0.25) is 4.79 Å². The van der Waals surface area contributed by atoms with Gasteiger partial charge in [-0.15, -0.1) is 0 Å². The van der Waals surface area contributed by atoms with Gasteiger partial charge in [-0.1, -0.05) is 75.7 Å². The Kier molecular flexibility index (Phi) is 6.64. The smallest absolute Gasteiger partial charge is 0.407 e. The molecular weight excluding hydrogens is 432 g/mol. The van der Waals surface area contributed by atoms with E-state index in [9.17, 15) is 19.5 Å². The molecule has 1 saturated carbocycles. The van der Waals surface area contributed by atoms with Gasteiger partial charge in [0.05, 0.1) is 5.92 Å². The molecule has 7 heteroatoms. The quantitative estimate of drug-likeness (QED) is 0.591. The summed E-state index contributed by atoms with van der Waals surface area (Å²) < 4.78 is 5.63. The van der Waals surface area contributed by atoms with E-state index >= 15 is 0 Å². The molecule has 180 valence electrons. The molecular formula is C27H32N2O5. The van der Waals surface area contributed by atoms with Gasteiger partial charge in [-0.05, 0) is 40.5 Å². The first kappa shape index (κ1) is 23.8. The zero-order valence-electron chi connectivity index (χ0n) is 19.8. The second-order valence-corrected chi connectivity index (χ2v) is 10.3. The SMILES string of the molecule is CC(C)(C)[C@@H](NC(=O)[C@H]1CCC[C@H]1NC(=O)OCC1c2ccccc2-c2ccccc21)C(=O)O. The molecule has 0 radical (unpaired) electrons. The van der Waals surface area contributed by atoms with E-state index in [0.717, 1.165) is 28.7 Å². The van der Waals surface area contributed by atoms with Crippen LogP contribution in [0.15, 0.2) is 48.5 Å². The predicted octanol–water partition coefficient (Wildman–Crippen LogP) is 4.31. The van der Waals surface area contributed by atoms with Crippen molar-refractivity contribution in [3.63, 3.8) is 0 Å². The van der Waals surface area contributed by atoms with Gasteiger partial charge in [-0.25, -0.2) is 9.59 Å². The molecule has 2 amide bonds. The first-order chi connectivity index (χ1) is 16.2. The van der Waals surface area contributed by atoms with Gasteiger partial charge in [0.2, 0.25) is 5.91 Å². The van der Waals surface area contributed by atoms with E-state index in [1.807, 2.05) is 24.3 Å². The number of carbonyl (C=O) groups excluding carboxylic acids is 2. The molecule has 7 nitrogen and oxygen atoms in total. The number of rotatable bonds is 6. The van der Waals surface area contributed by atoms with Gasteiger partial charge in [0.15, 0.2) is 0 Å². The Labute approximate surface area is 199 Å². The van der Waals surface area contributed by atoms with Crippen molar-refractivity contribution in [2.24, 2.45) is 11.3 Å². The summed E-state index contributed by atoms with van der Waals surface area (Å²) in [4.78, 5) is 37.2. The predicted molar refractivity (Wildman–Crippen MR) is 128 cm³/mol. The fraction of sp³-hybridized carbons (Fsp3) is 0.444. The van der Waals surface area contributed by atoms with Gasteiger partial charge in [0.25, 0.3) is 0 Å². The van der Waals surface area contributed by atoms with Crippen LogP contribution in [0.3, 0.4) is 0 Å². The van der Waals surface area contributed by atoms with Crippen LogP contribution in [0.2, 0.25) is 0 Å². The van der Waals surface area contributed by atoms with Crippen molar-refractivity contribution in [3.05, 3.63) is 59.7 Å². The number of carbonyl (C=O) groups is 3. The highest BCUT2D eigenvalue weighted by Crippen LogP contribution is 2.44. The van der Waals surface area contributed by atoms with Crippen LogP contribution in [0, 0.1) is 11.3 Å². The van der Waals surface area contributed by atoms with Crippen LogP contribution in [-0.2, 0) is 14.3 Å². The molecule has 3 N–H and O–H groups in total. The van der Waals surface area contributed by atoms with Gasteiger partial charge in [0.1, 0.15) is 12.6 Å². The van der Waals surface area contributed by atoms with Gasteiger partial charge in [0, 0.05) is 12.0 Å². The van der Waals surface area contributed by atoms with E-state index in [-0.39, 0.29) is 24.5 Å². The third kappa shape index (κ3) is 4.79. The van der Waals surface area contributed by atoms with Crippen LogP contribution in [-0.4, -0.2) is 41.8 Å². The molecule has 2 aromatic rings. The second-order valence-electron chi connectivity index (χ2n) is 10.3. The van der Waals surface area contributed by atoms with Gasteiger partial charge < -0.3 is 20.5 Å². The summed E-state index contributed by atoms with van der Waals surface area (Å²) in [6.07, 6.45) is 1.46. The first-order valence-corrected chi connectivity index (χ1v) is 11.8. The third-order valence-electron chi connectivity index (χ3n) is 6.90. The highest BCUT2D eigenvalue weighted by molar-refractivity contribution is 5.86. The molecule has 0 unspecified atom stereocenters. The maximum absolute atomic E-state index is 12.9. The Hall–Kier alpha value is -3.35. The van der Waals surface area contributed by atoms with Crippen molar-refractivity contribution in [2.45, 2.75) is 58.0 Å². The Morgan fingerprint density at radius 1 is 1.00 bits per heavy atom. The molecule has 34 heavy (non-hydrogen) atoms. The number of amides is 2. The maximum Gasteiger partial charge on any atom is 0.407 e. The number of aliphatic carboxylic acids is 1. The second kappa shape index (κ2) is 9.49. The van der Waals surface area contributed by atoms with Gasteiger partial charge >= 0.3 is 12.1 Å². The number of alkyl carbamates (subject to hydrolysis) is 1. The van der Waals surface area contributed by atoms with E-state index in [0.29, 0.717) is 12.8 Å². The number of benzene rings is 2. The molecule has 2 aliphatic carbocycles. The summed E-state index contributed by atoms with van der Waals surface area (Å²) in [6.45, 7) is 5.52. The minimum Gasteiger partial charge on any atom is -0.480 e. The molecule has 3 atom stereocenters. The Morgan fingerprint density at radius 2 is 1.59 bits per heavy atom. The molecule has 0 spiro atoms. The average molecular weight is 465 g/mol. The zero-order valence-corrected chi connectivity index (χ0v) is 19.8. The molecule has 0 saturated heterocycles. The van der Waals surface area contributed by atoms with Crippen LogP contribution in [0.4, 0.5) is 4.79 Å². The summed E-state index contributed by atoms with van der Waals surface area (Å²) in [5.74, 6) is -1.93. The van der Waals surface area contributed by atoms with Crippen molar-refractivity contribution in [1.82, 2.24) is 10.6 Å². The van der Waals surface area contributed by atoms with Crippen molar-refractivity contribution in [3.8, 4) is 11.1 Å². The zero-order chi connectivity index (χ0) is 24.5. The third-order valence-corrected chi connectivity index (χ3v) is 6.90. The number of hydrogen-bond donors (Lipinski definition) is 3. The number of carboxylic acids is 1. The Balaban J connectivity index is 1.38. The highest BCUT2D eigenvalue weighted by Gasteiger charge is 2.39. The van der Waals surface area contributed by atoms with Crippen molar-refractivity contribution < 1.29 is 24.2 Å². The van der Waals surface area contributed by atoms with Crippen molar-refractivity contribution >= 4 is 18.0 Å². The molecule has 2 aliphatic rings. The maximum atomic E-state index is 12.9. The summed E-state index contributed by atoms with van der Waals surface area (Å²) >= 11 is 0. The highest BCUT2D eigenvalue weighted by atomic mass is 16.5. The number of nitrogens with one attached hydrogen (secondary N) is 2. The normalized spacial score (nSPS) is 20.2. The van der Waals surface area contributed by atoms with Crippen LogP contribution in [0.25, 0.3) is 11.1 Å². The molecule has 0 aromatic heterocycles. The minimum absolute atomic E-state index is 0.0380. The lowest BCUT2D eigenvalue weighted by Crippen LogP contribution is -2.53. The number of fused-ring (bicyclic) bond motifs is 3. The lowest BCUT2D eigenvalue weighted by molar-refractivity contribution is -0.145. The van der Waals surface area contributed by atoms with Crippen molar-refractivity contribution in [1.29, 1.82) is 0 Å². The van der Waals surface area contributed by atoms with Crippen LogP contribution < -0.4 is 10.6 Å². The fourth-order valence-electron chi connectivity index (χ4n) is 5.14. The molecule has 2 aromatic carbocycles. The summed E-state index contributed by atoms with van der Waals surface area (Å²) in [6, 6.07) is 14.9. The lowest BCUT2D eigenvalue weighted by atomic mass is 9.86. The molecule has 0 aliphatic heterocycles. The van der Waals surface area contributed by atoms with Crippen molar-refractivity contribution in [2.75, 3.05) is 6.61 Å². The summed E-state index contributed by atoms with van der Waals surface area (Å²) in [5.41, 5.74) is 3.96. The standard InChI is InChI=1S/C27H32N2O5/c1-27(2,3)23(25(31)32)29-24(30)20-13-8-14-22(20)28-26(33)34-15-21-18-11-6-4-9-16(18)17-10-5-7-12-19(17)21/h4-7,9-12,20-23H,8,13-15H2,1-3H3,(H,28,33)(H,29,30)(H,31,32)/t20-,22+,23-/m0/s1. The Morgan fingerprint density at radius 3 is 2.15 bits per heavy atom. The fourth-order valence-corrected chi connectivity index (χ4v) is 5.14. The van der Waals surface area contributed by atoms with E-state index in [2.05, 4.69) is 34.9 Å². The minimum atomic E-state index is -1.07. The Bertz CT molecular complexity index is 1040. The van der Waals surface area contributed by atoms with Crippen LogP contribution >= 0.6 is 0 Å². The molecule has 0 heterocycles. The molecule has 4 rings (SSSR count). The van der Waals surface area contributed by atoms with E-state index in [1.54, 1.807) is 20.8 Å². The summed E-state index contributed by atoms with van der Waals surface area (Å²) in [5, 5.41) is 15.0. The number of carboxylic acid groups (broad SMARTS) is 1. The lowest BCUT2D eigenvalue weighted by Gasteiger charge is -2.30. The van der Waals surface area contributed by atoms with Crippen LogP contribution in [0.5, 0.6) is 0 Å². The number of ether oxygens (including phenoxy) is 1. The number of hydrogen-bond acceptors (Lipinski definition) is 4. The van der Waals surface area contributed by atoms with E-state index in [1.165, 1.54) is 0 Å². The topological polar surface area (TPSA) is 105 Å². The van der Waals surface area contributed by atoms with Crippen LogP contribution in [0.1, 0.15) is 57.1 Å². The van der Waals surface area contributed by atoms with E-state index < -0.39 is 29.4 Å². The van der Waals surface area contributed by atoms with Gasteiger partial charge in [-0.2, -0.15) is 0 Å². The monoisotopic (exact) mass is 464 g/mol. The molecule has 1 fully saturated rings. The summed E-state index contributed by atoms with van der Waals surface area (Å²) in [7, 11) is 0. The molecule has 0 bridgehead atoms.